The van der Waals surface area contributed by atoms with Gasteiger partial charge >= 0.3 is 6.09 Å². The summed E-state index contributed by atoms with van der Waals surface area (Å²) in [5.41, 5.74) is 0.930. The van der Waals surface area contributed by atoms with E-state index in [9.17, 15) is 19.2 Å². The predicted octanol–water partition coefficient (Wildman–Crippen LogP) is 2.08. The van der Waals surface area contributed by atoms with E-state index in [1.807, 2.05) is 30.3 Å². The van der Waals surface area contributed by atoms with E-state index >= 15 is 0 Å². The molecule has 1 atom stereocenters. The molecule has 1 aromatic rings. The van der Waals surface area contributed by atoms with Crippen LogP contribution in [-0.4, -0.2) is 52.8 Å². The smallest absolute Gasteiger partial charge is 0.404 e. The number of likely N-dealkylation sites (tertiary alicyclic amines) is 1. The number of carbonyl (C=O) groups excluding carboxylic acids is 3. The van der Waals surface area contributed by atoms with E-state index < -0.39 is 23.8 Å². The molecule has 1 aromatic carbocycles. The highest BCUT2D eigenvalue weighted by molar-refractivity contribution is 6.38. The third-order valence-corrected chi connectivity index (χ3v) is 4.97. The van der Waals surface area contributed by atoms with Gasteiger partial charge in [-0.1, -0.05) is 49.6 Å². The molecule has 1 unspecified atom stereocenters. The monoisotopic (exact) mass is 403 g/mol. The number of Topliss-reactive ketones (excluding diaryl/α,β-unsaturated/α-hetero) is 1. The van der Waals surface area contributed by atoms with Gasteiger partial charge in [-0.25, -0.2) is 4.79 Å². The van der Waals surface area contributed by atoms with E-state index in [0.29, 0.717) is 26.1 Å². The van der Waals surface area contributed by atoms with Crippen molar-refractivity contribution >= 4 is 23.7 Å². The number of unbranched alkanes of at least 4 members (excludes halogenated alkanes) is 4. The van der Waals surface area contributed by atoms with Crippen molar-refractivity contribution in [2.75, 3.05) is 13.1 Å². The summed E-state index contributed by atoms with van der Waals surface area (Å²) in [6.45, 7) is 1.19. The Morgan fingerprint density at radius 2 is 1.59 bits per heavy atom. The molecule has 0 spiro atoms. The second-order valence-corrected chi connectivity index (χ2v) is 7.18. The fraction of sp³-hybridized carbons (Fsp3) is 0.524. The van der Waals surface area contributed by atoms with E-state index in [-0.39, 0.29) is 12.3 Å². The largest absolute Gasteiger partial charge is 0.465 e. The zero-order valence-corrected chi connectivity index (χ0v) is 16.6. The Hall–Kier alpha value is -2.90. The van der Waals surface area contributed by atoms with Gasteiger partial charge in [-0.3, -0.25) is 14.4 Å². The average molecular weight is 403 g/mol. The number of carboxylic acid groups (broad SMARTS) is 1. The molecule has 1 heterocycles. The van der Waals surface area contributed by atoms with Crippen LogP contribution < -0.4 is 10.6 Å². The van der Waals surface area contributed by atoms with Crippen LogP contribution in [0.1, 0.15) is 50.5 Å². The molecule has 8 nitrogen and oxygen atoms in total. The lowest BCUT2D eigenvalue weighted by Crippen LogP contribution is -2.45. The van der Waals surface area contributed by atoms with Crippen LogP contribution in [0.15, 0.2) is 30.3 Å². The van der Waals surface area contributed by atoms with Gasteiger partial charge in [-0.2, -0.15) is 0 Å². The maximum Gasteiger partial charge on any atom is 0.404 e. The van der Waals surface area contributed by atoms with Gasteiger partial charge in [-0.05, 0) is 24.8 Å². The number of nitrogens with one attached hydrogen (secondary N) is 2. The van der Waals surface area contributed by atoms with Crippen LogP contribution in [0.25, 0.3) is 0 Å². The lowest BCUT2D eigenvalue weighted by molar-refractivity contribution is -0.143. The molecule has 1 aliphatic heterocycles. The van der Waals surface area contributed by atoms with Crippen molar-refractivity contribution in [2.24, 2.45) is 0 Å². The summed E-state index contributed by atoms with van der Waals surface area (Å²) in [6.07, 6.45) is 3.92. The minimum atomic E-state index is -1.01. The zero-order valence-electron chi connectivity index (χ0n) is 16.6. The molecule has 1 saturated heterocycles. The first kappa shape index (κ1) is 22.4. The van der Waals surface area contributed by atoms with Gasteiger partial charge in [0.25, 0.3) is 5.91 Å². The molecule has 29 heavy (non-hydrogen) atoms. The summed E-state index contributed by atoms with van der Waals surface area (Å²) in [5.74, 6) is -1.28. The Labute approximate surface area is 170 Å². The Morgan fingerprint density at radius 1 is 0.966 bits per heavy atom. The van der Waals surface area contributed by atoms with Crippen LogP contribution in [0.2, 0.25) is 0 Å². The van der Waals surface area contributed by atoms with Gasteiger partial charge in [0.15, 0.2) is 0 Å². The number of hydrogen-bond donors (Lipinski definition) is 3. The number of benzene rings is 1. The third-order valence-electron chi connectivity index (χ3n) is 4.97. The van der Waals surface area contributed by atoms with Crippen molar-refractivity contribution in [1.82, 2.24) is 15.5 Å². The maximum absolute atomic E-state index is 12.5. The molecule has 3 amide bonds. The first-order valence-electron chi connectivity index (χ1n) is 10.1. The fourth-order valence-electron chi connectivity index (χ4n) is 3.40. The van der Waals surface area contributed by atoms with Gasteiger partial charge in [0.05, 0.1) is 0 Å². The number of carbonyl (C=O) groups is 4. The zero-order chi connectivity index (χ0) is 21.1. The molecule has 0 saturated carbocycles. The number of rotatable bonds is 12. The molecule has 2 rings (SSSR count). The van der Waals surface area contributed by atoms with Crippen LogP contribution >= 0.6 is 0 Å². The van der Waals surface area contributed by atoms with E-state index in [1.54, 1.807) is 0 Å². The van der Waals surface area contributed by atoms with Crippen molar-refractivity contribution in [3.05, 3.63) is 35.9 Å². The maximum atomic E-state index is 12.5. The summed E-state index contributed by atoms with van der Waals surface area (Å²) in [7, 11) is 0. The minimum absolute atomic E-state index is 0.0996. The highest BCUT2D eigenvalue weighted by Gasteiger charge is 2.38. The SMILES string of the molecule is O=C(O)NCCCCCCCNC(=O)C(=O)C1CCC(=O)N1Cc1ccccc1. The number of hydrogen-bond acceptors (Lipinski definition) is 4. The van der Waals surface area contributed by atoms with Gasteiger partial charge in [-0.15, -0.1) is 0 Å². The summed E-state index contributed by atoms with van der Waals surface area (Å²) in [5, 5.41) is 13.4. The molecule has 0 radical (unpaired) electrons. The lowest BCUT2D eigenvalue weighted by atomic mass is 10.1. The molecular weight excluding hydrogens is 374 g/mol. The van der Waals surface area contributed by atoms with E-state index in [4.69, 9.17) is 5.11 Å². The van der Waals surface area contributed by atoms with E-state index in [2.05, 4.69) is 10.6 Å². The summed E-state index contributed by atoms with van der Waals surface area (Å²) >= 11 is 0. The number of amides is 3. The molecule has 1 fully saturated rings. The Balaban J connectivity index is 1.67. The minimum Gasteiger partial charge on any atom is -0.465 e. The van der Waals surface area contributed by atoms with Gasteiger partial charge < -0.3 is 20.6 Å². The van der Waals surface area contributed by atoms with Gasteiger partial charge in [0, 0.05) is 26.1 Å². The van der Waals surface area contributed by atoms with Crippen LogP contribution in [-0.2, 0) is 20.9 Å². The van der Waals surface area contributed by atoms with Crippen molar-refractivity contribution in [1.29, 1.82) is 0 Å². The molecule has 8 heteroatoms. The molecule has 0 aliphatic carbocycles. The highest BCUT2D eigenvalue weighted by atomic mass is 16.4. The van der Waals surface area contributed by atoms with E-state index in [1.165, 1.54) is 4.90 Å². The Morgan fingerprint density at radius 3 is 2.24 bits per heavy atom. The molecule has 0 aromatic heterocycles. The standard InChI is InChI=1S/C21H29N3O5/c25-18-12-11-17(24(18)15-16-9-5-4-6-10-16)19(26)20(27)22-13-7-2-1-3-8-14-23-21(28)29/h4-6,9-10,17,23H,1-3,7-8,11-15H2,(H,22,27)(H,28,29). The van der Waals surface area contributed by atoms with Crippen molar-refractivity contribution in [3.63, 3.8) is 0 Å². The van der Waals surface area contributed by atoms with Crippen LogP contribution in [0.4, 0.5) is 4.79 Å². The Kier molecular flexibility index (Phi) is 9.14. The third kappa shape index (κ3) is 7.56. The topological polar surface area (TPSA) is 116 Å². The second kappa shape index (κ2) is 11.8. The molecular formula is C21H29N3O5. The average Bonchev–Trinajstić information content (AvgIpc) is 3.06. The first-order valence-corrected chi connectivity index (χ1v) is 10.1. The molecule has 0 bridgehead atoms. The summed E-state index contributed by atoms with van der Waals surface area (Å²) in [6, 6.07) is 8.74. The van der Waals surface area contributed by atoms with Gasteiger partial charge in [0.2, 0.25) is 11.7 Å². The van der Waals surface area contributed by atoms with Crippen molar-refractivity contribution in [2.45, 2.75) is 57.5 Å². The molecule has 3 N–H and O–H groups in total. The Bertz CT molecular complexity index is 708. The van der Waals surface area contributed by atoms with Crippen LogP contribution in [0, 0.1) is 0 Å². The summed E-state index contributed by atoms with van der Waals surface area (Å²) in [4.78, 5) is 48.7. The molecule has 1 aliphatic rings. The normalized spacial score (nSPS) is 15.9. The second-order valence-electron chi connectivity index (χ2n) is 7.18. The highest BCUT2D eigenvalue weighted by Crippen LogP contribution is 2.22. The fourth-order valence-corrected chi connectivity index (χ4v) is 3.40. The predicted molar refractivity (Wildman–Crippen MR) is 107 cm³/mol. The number of nitrogens with zero attached hydrogens (tertiary/aromatic N) is 1. The molecule has 158 valence electrons. The lowest BCUT2D eigenvalue weighted by Gasteiger charge is -2.23. The van der Waals surface area contributed by atoms with Crippen molar-refractivity contribution < 1.29 is 24.3 Å². The summed E-state index contributed by atoms with van der Waals surface area (Å²) < 4.78 is 0. The first-order chi connectivity index (χ1) is 14.0. The van der Waals surface area contributed by atoms with E-state index in [0.717, 1.165) is 37.7 Å². The van der Waals surface area contributed by atoms with Gasteiger partial charge in [0.1, 0.15) is 6.04 Å². The van der Waals surface area contributed by atoms with Crippen LogP contribution in [0.5, 0.6) is 0 Å². The number of ketones is 1. The quantitative estimate of drug-likeness (QED) is 0.365. The van der Waals surface area contributed by atoms with Crippen LogP contribution in [0.3, 0.4) is 0 Å². The van der Waals surface area contributed by atoms with Crippen molar-refractivity contribution in [3.8, 4) is 0 Å².